The fraction of sp³-hybridized carbons (Fsp3) is 0.381. The second kappa shape index (κ2) is 7.59. The van der Waals surface area contributed by atoms with E-state index in [0.717, 1.165) is 30.5 Å². The molecule has 1 heterocycles. The quantitative estimate of drug-likeness (QED) is 0.865. The molecule has 1 N–H and O–H groups in total. The first-order valence-corrected chi connectivity index (χ1v) is 9.18. The first kappa shape index (κ1) is 18.0. The number of hydrogen-bond acceptors (Lipinski definition) is 2. The van der Waals surface area contributed by atoms with E-state index >= 15 is 0 Å². The Kier molecular flexibility index (Phi) is 5.45. The van der Waals surface area contributed by atoms with Crippen LogP contribution in [0.1, 0.15) is 37.9 Å². The molecular weight excluding hydrogens is 330 g/mol. The maximum Gasteiger partial charge on any atom is 0.122 e. The van der Waals surface area contributed by atoms with Crippen molar-refractivity contribution in [1.82, 2.24) is 10.2 Å². The van der Waals surface area contributed by atoms with E-state index in [1.165, 1.54) is 11.1 Å². The van der Waals surface area contributed by atoms with Gasteiger partial charge in [-0.1, -0.05) is 54.1 Å². The average molecular weight is 356 g/mol. The largest absolute Gasteiger partial charge is 0.353 e. The van der Waals surface area contributed by atoms with Crippen LogP contribution in [0.4, 0.5) is 0 Å². The summed E-state index contributed by atoms with van der Waals surface area (Å²) in [5, 5.41) is 4.42. The molecule has 0 bridgehead atoms. The molecule has 0 aliphatic carbocycles. The topological polar surface area (TPSA) is 27.6 Å². The summed E-state index contributed by atoms with van der Waals surface area (Å²) in [6, 6.07) is 18.8. The van der Waals surface area contributed by atoms with Crippen molar-refractivity contribution in [2.75, 3.05) is 13.1 Å². The van der Waals surface area contributed by atoms with Gasteiger partial charge in [-0.25, -0.2) is 0 Å². The number of piperazine rings is 1. The van der Waals surface area contributed by atoms with Gasteiger partial charge in [0, 0.05) is 24.7 Å². The Morgan fingerprint density at radius 1 is 1.12 bits per heavy atom. The van der Waals surface area contributed by atoms with E-state index in [0.29, 0.717) is 0 Å². The van der Waals surface area contributed by atoms with Crippen molar-refractivity contribution in [1.29, 1.82) is 0 Å². The van der Waals surface area contributed by atoms with Crippen LogP contribution < -0.4 is 5.32 Å². The monoisotopic (exact) mass is 355 g/mol. The van der Waals surface area contributed by atoms with Gasteiger partial charge in [-0.3, -0.25) is 4.99 Å². The molecule has 1 atom stereocenters. The summed E-state index contributed by atoms with van der Waals surface area (Å²) in [4.78, 5) is 7.45. The lowest BCUT2D eigenvalue weighted by Crippen LogP contribution is -2.50. The van der Waals surface area contributed by atoms with E-state index in [9.17, 15) is 0 Å². The second-order valence-electron chi connectivity index (χ2n) is 7.49. The fourth-order valence-corrected chi connectivity index (χ4v) is 3.35. The minimum Gasteiger partial charge on any atom is -0.353 e. The first-order chi connectivity index (χ1) is 11.9. The molecule has 4 heteroatoms. The molecule has 2 aromatic rings. The zero-order chi connectivity index (χ0) is 17.9. The number of halogens is 1. The maximum absolute atomic E-state index is 6.17. The van der Waals surface area contributed by atoms with E-state index in [2.05, 4.69) is 67.4 Å². The van der Waals surface area contributed by atoms with E-state index in [4.69, 9.17) is 16.6 Å². The van der Waals surface area contributed by atoms with Gasteiger partial charge in [-0.15, -0.1) is 0 Å². The van der Waals surface area contributed by atoms with Crippen LogP contribution in [0.25, 0.3) is 0 Å². The number of hydrogen-bond donors (Lipinski definition) is 1. The molecule has 1 aliphatic heterocycles. The van der Waals surface area contributed by atoms with Gasteiger partial charge in [0.05, 0.1) is 11.6 Å². The van der Waals surface area contributed by atoms with Crippen LogP contribution in [0.3, 0.4) is 0 Å². The summed E-state index contributed by atoms with van der Waals surface area (Å²) in [6.45, 7) is 9.13. The van der Waals surface area contributed by atoms with Crippen molar-refractivity contribution in [2.45, 2.75) is 38.9 Å². The van der Waals surface area contributed by atoms with Gasteiger partial charge in [-0.2, -0.15) is 0 Å². The van der Waals surface area contributed by atoms with Crippen LogP contribution in [0.15, 0.2) is 59.6 Å². The average Bonchev–Trinajstić information content (AvgIpc) is 2.56. The maximum atomic E-state index is 6.17. The minimum atomic E-state index is -0.131. The Morgan fingerprint density at radius 3 is 2.56 bits per heavy atom. The molecule has 25 heavy (non-hydrogen) atoms. The number of benzene rings is 2. The highest BCUT2D eigenvalue weighted by Gasteiger charge is 2.29. The molecule has 0 radical (unpaired) electrons. The lowest BCUT2D eigenvalue weighted by Gasteiger charge is -2.38. The summed E-state index contributed by atoms with van der Waals surface area (Å²) in [7, 11) is 0. The number of nitrogens with one attached hydrogen (secondary N) is 1. The summed E-state index contributed by atoms with van der Waals surface area (Å²) in [5.41, 5.74) is 2.33. The molecule has 3 rings (SSSR count). The van der Waals surface area contributed by atoms with Gasteiger partial charge in [0.25, 0.3) is 0 Å². The Bertz CT molecular complexity index is 734. The van der Waals surface area contributed by atoms with Crippen molar-refractivity contribution >= 4 is 17.4 Å². The highest BCUT2D eigenvalue weighted by molar-refractivity contribution is 6.30. The summed E-state index contributed by atoms with van der Waals surface area (Å²) < 4.78 is 0. The normalized spacial score (nSPS) is 20.1. The molecule has 1 aliphatic rings. The van der Waals surface area contributed by atoms with E-state index in [-0.39, 0.29) is 11.6 Å². The second-order valence-corrected chi connectivity index (χ2v) is 7.93. The van der Waals surface area contributed by atoms with Gasteiger partial charge in [0.15, 0.2) is 0 Å². The van der Waals surface area contributed by atoms with Gasteiger partial charge in [-0.05, 0) is 44.0 Å². The molecular formula is C21H26ClN3. The SMILES string of the molecule is CC(C)(C)N=C1C(c2ccccc2)NCCN1Cc1cccc(Cl)c1. The molecule has 2 aromatic carbocycles. The molecule has 1 saturated heterocycles. The predicted octanol–water partition coefficient (Wildman–Crippen LogP) is 4.68. The Morgan fingerprint density at radius 2 is 1.88 bits per heavy atom. The van der Waals surface area contributed by atoms with E-state index < -0.39 is 0 Å². The van der Waals surface area contributed by atoms with Gasteiger partial charge >= 0.3 is 0 Å². The van der Waals surface area contributed by atoms with Crippen LogP contribution in [0, 0.1) is 0 Å². The van der Waals surface area contributed by atoms with Gasteiger partial charge < -0.3 is 10.2 Å². The molecule has 132 valence electrons. The molecule has 1 unspecified atom stereocenters. The lowest BCUT2D eigenvalue weighted by atomic mass is 10.0. The van der Waals surface area contributed by atoms with Crippen LogP contribution in [-0.2, 0) is 6.54 Å². The Balaban J connectivity index is 1.94. The number of amidine groups is 1. The van der Waals surface area contributed by atoms with Crippen molar-refractivity contribution in [3.05, 3.63) is 70.7 Å². The molecule has 0 amide bonds. The molecule has 0 aromatic heterocycles. The van der Waals surface area contributed by atoms with Crippen LogP contribution in [0.2, 0.25) is 5.02 Å². The smallest absolute Gasteiger partial charge is 0.122 e. The van der Waals surface area contributed by atoms with Crippen molar-refractivity contribution in [2.24, 2.45) is 4.99 Å². The minimum absolute atomic E-state index is 0.119. The molecule has 0 spiro atoms. The summed E-state index contributed by atoms with van der Waals surface area (Å²) in [5.74, 6) is 1.10. The van der Waals surface area contributed by atoms with Crippen molar-refractivity contribution in [3.8, 4) is 0 Å². The van der Waals surface area contributed by atoms with Crippen molar-refractivity contribution in [3.63, 3.8) is 0 Å². The highest BCUT2D eigenvalue weighted by Crippen LogP contribution is 2.24. The van der Waals surface area contributed by atoms with Crippen LogP contribution in [0.5, 0.6) is 0 Å². The highest BCUT2D eigenvalue weighted by atomic mass is 35.5. The third-order valence-electron chi connectivity index (χ3n) is 4.16. The summed E-state index contributed by atoms with van der Waals surface area (Å²) in [6.07, 6.45) is 0. The Hall–Kier alpha value is -1.84. The number of aliphatic imine (C=N–C) groups is 1. The van der Waals surface area contributed by atoms with E-state index in [1.807, 2.05) is 18.2 Å². The van der Waals surface area contributed by atoms with Gasteiger partial charge in [0.1, 0.15) is 5.84 Å². The third-order valence-corrected chi connectivity index (χ3v) is 4.39. The lowest BCUT2D eigenvalue weighted by molar-refractivity contribution is 0.337. The molecule has 1 fully saturated rings. The number of rotatable bonds is 3. The zero-order valence-electron chi connectivity index (χ0n) is 15.2. The Labute approximate surface area is 155 Å². The molecule has 3 nitrogen and oxygen atoms in total. The number of nitrogens with zero attached hydrogens (tertiary/aromatic N) is 2. The van der Waals surface area contributed by atoms with Gasteiger partial charge in [0.2, 0.25) is 0 Å². The van der Waals surface area contributed by atoms with E-state index in [1.54, 1.807) is 0 Å². The fourth-order valence-electron chi connectivity index (χ4n) is 3.14. The van der Waals surface area contributed by atoms with Crippen LogP contribution >= 0.6 is 11.6 Å². The predicted molar refractivity (Wildman–Crippen MR) is 106 cm³/mol. The first-order valence-electron chi connectivity index (χ1n) is 8.80. The standard InChI is InChI=1S/C21H26ClN3/c1-21(2,3)24-20-19(17-9-5-4-6-10-17)23-12-13-25(20)15-16-8-7-11-18(22)14-16/h4-11,14,19,23H,12-13,15H2,1-3H3. The third kappa shape index (κ3) is 4.83. The van der Waals surface area contributed by atoms with Crippen LogP contribution in [-0.4, -0.2) is 29.4 Å². The molecule has 0 saturated carbocycles. The zero-order valence-corrected chi connectivity index (χ0v) is 15.9. The summed E-state index contributed by atoms with van der Waals surface area (Å²) >= 11 is 6.17. The van der Waals surface area contributed by atoms with Crippen molar-refractivity contribution < 1.29 is 0 Å².